The molecule has 1 N–H and O–H groups in total. The molecule has 0 aliphatic carbocycles. The molecule has 2 aromatic heterocycles. The molecule has 7 nitrogen and oxygen atoms in total. The van der Waals surface area contributed by atoms with Crippen molar-refractivity contribution in [2.45, 2.75) is 13.3 Å². The normalized spacial score (nSPS) is 17.8. The highest BCUT2D eigenvalue weighted by Gasteiger charge is 2.32. The SMILES string of the molecule is Cc1nccn1-c1ccc(NC(=O)C2CC(=O)N(C)C2)cn1. The monoisotopic (exact) mass is 299 g/mol. The molecular weight excluding hydrogens is 282 g/mol. The van der Waals surface area contributed by atoms with Crippen LogP contribution in [0.4, 0.5) is 5.69 Å². The summed E-state index contributed by atoms with van der Waals surface area (Å²) in [4.78, 5) is 33.7. The van der Waals surface area contributed by atoms with E-state index in [2.05, 4.69) is 15.3 Å². The molecule has 1 saturated heterocycles. The van der Waals surface area contributed by atoms with Crippen molar-refractivity contribution < 1.29 is 9.59 Å². The van der Waals surface area contributed by atoms with E-state index in [9.17, 15) is 9.59 Å². The number of carbonyl (C=O) groups excluding carboxylic acids is 2. The van der Waals surface area contributed by atoms with Crippen LogP contribution >= 0.6 is 0 Å². The minimum Gasteiger partial charge on any atom is -0.345 e. The molecule has 114 valence electrons. The highest BCUT2D eigenvalue weighted by molar-refractivity contribution is 5.97. The number of imidazole rings is 1. The second-order valence-electron chi connectivity index (χ2n) is 5.41. The molecule has 2 aromatic rings. The van der Waals surface area contributed by atoms with Gasteiger partial charge < -0.3 is 10.2 Å². The lowest BCUT2D eigenvalue weighted by atomic mass is 10.1. The molecule has 3 heterocycles. The Kier molecular flexibility index (Phi) is 3.62. The summed E-state index contributed by atoms with van der Waals surface area (Å²) in [6.07, 6.45) is 5.41. The Morgan fingerprint density at radius 3 is 2.73 bits per heavy atom. The average Bonchev–Trinajstić information content (AvgIpc) is 3.07. The van der Waals surface area contributed by atoms with E-state index in [4.69, 9.17) is 0 Å². The van der Waals surface area contributed by atoms with Crippen LogP contribution < -0.4 is 5.32 Å². The maximum Gasteiger partial charge on any atom is 0.229 e. The maximum absolute atomic E-state index is 12.1. The van der Waals surface area contributed by atoms with Crippen molar-refractivity contribution in [3.63, 3.8) is 0 Å². The first-order valence-corrected chi connectivity index (χ1v) is 7.06. The molecule has 0 spiro atoms. The third-order valence-corrected chi connectivity index (χ3v) is 3.80. The third kappa shape index (κ3) is 2.69. The van der Waals surface area contributed by atoms with Crippen LogP contribution in [0.5, 0.6) is 0 Å². The molecule has 0 radical (unpaired) electrons. The summed E-state index contributed by atoms with van der Waals surface area (Å²) >= 11 is 0. The van der Waals surface area contributed by atoms with Crippen molar-refractivity contribution in [2.24, 2.45) is 5.92 Å². The molecule has 2 amide bonds. The van der Waals surface area contributed by atoms with Crippen LogP contribution in [0.2, 0.25) is 0 Å². The lowest BCUT2D eigenvalue weighted by Gasteiger charge is -2.11. The van der Waals surface area contributed by atoms with E-state index in [1.54, 1.807) is 30.4 Å². The van der Waals surface area contributed by atoms with Gasteiger partial charge in [-0.25, -0.2) is 9.97 Å². The van der Waals surface area contributed by atoms with Gasteiger partial charge in [0.25, 0.3) is 0 Å². The van der Waals surface area contributed by atoms with Crippen molar-refractivity contribution >= 4 is 17.5 Å². The Bertz CT molecular complexity index is 707. The van der Waals surface area contributed by atoms with E-state index in [1.165, 1.54) is 0 Å². The molecular formula is C15H17N5O2. The zero-order valence-electron chi connectivity index (χ0n) is 12.5. The van der Waals surface area contributed by atoms with Gasteiger partial charge in [0, 0.05) is 32.4 Å². The average molecular weight is 299 g/mol. The van der Waals surface area contributed by atoms with E-state index in [-0.39, 0.29) is 24.2 Å². The number of hydrogen-bond acceptors (Lipinski definition) is 4. The van der Waals surface area contributed by atoms with Crippen LogP contribution in [0.3, 0.4) is 0 Å². The summed E-state index contributed by atoms with van der Waals surface area (Å²) in [5.74, 6) is 1.14. The van der Waals surface area contributed by atoms with E-state index in [0.717, 1.165) is 11.6 Å². The minimum atomic E-state index is -0.298. The first-order valence-electron chi connectivity index (χ1n) is 7.06. The number of likely N-dealkylation sites (tertiary alicyclic amines) is 1. The number of nitrogens with zero attached hydrogens (tertiary/aromatic N) is 4. The third-order valence-electron chi connectivity index (χ3n) is 3.80. The van der Waals surface area contributed by atoms with Crippen molar-refractivity contribution in [1.29, 1.82) is 0 Å². The van der Waals surface area contributed by atoms with Gasteiger partial charge in [-0.1, -0.05) is 0 Å². The zero-order chi connectivity index (χ0) is 15.7. The van der Waals surface area contributed by atoms with Crippen LogP contribution in [0.1, 0.15) is 12.2 Å². The molecule has 0 saturated carbocycles. The number of hydrogen-bond donors (Lipinski definition) is 1. The summed E-state index contributed by atoms with van der Waals surface area (Å²) in [6.45, 7) is 2.36. The number of aromatic nitrogens is 3. The molecule has 1 fully saturated rings. The number of amides is 2. The van der Waals surface area contributed by atoms with Crippen molar-refractivity contribution in [2.75, 3.05) is 18.9 Å². The standard InChI is InChI=1S/C15H17N5O2/c1-10-16-5-6-20(10)13-4-3-12(8-17-13)18-15(22)11-7-14(21)19(2)9-11/h3-6,8,11H,7,9H2,1-2H3,(H,18,22). The quantitative estimate of drug-likeness (QED) is 0.916. The van der Waals surface area contributed by atoms with Gasteiger partial charge in [0.15, 0.2) is 0 Å². The van der Waals surface area contributed by atoms with Crippen molar-refractivity contribution in [3.8, 4) is 5.82 Å². The smallest absolute Gasteiger partial charge is 0.229 e. The number of aryl methyl sites for hydroxylation is 1. The van der Waals surface area contributed by atoms with Crippen LogP contribution in [-0.4, -0.2) is 44.8 Å². The molecule has 7 heteroatoms. The number of carbonyl (C=O) groups is 2. The van der Waals surface area contributed by atoms with Gasteiger partial charge in [-0.3, -0.25) is 14.2 Å². The van der Waals surface area contributed by atoms with Crippen LogP contribution in [0.15, 0.2) is 30.7 Å². The highest BCUT2D eigenvalue weighted by atomic mass is 16.2. The van der Waals surface area contributed by atoms with Gasteiger partial charge in [0.05, 0.1) is 17.8 Å². The predicted octanol–water partition coefficient (Wildman–Crippen LogP) is 0.993. The predicted molar refractivity (Wildman–Crippen MR) is 80.5 cm³/mol. The maximum atomic E-state index is 12.1. The van der Waals surface area contributed by atoms with Crippen molar-refractivity contribution in [3.05, 3.63) is 36.5 Å². The molecule has 3 rings (SSSR count). The van der Waals surface area contributed by atoms with E-state index < -0.39 is 0 Å². The van der Waals surface area contributed by atoms with Gasteiger partial charge in [0.1, 0.15) is 11.6 Å². The first kappa shape index (κ1) is 14.2. The number of rotatable bonds is 3. The fourth-order valence-corrected chi connectivity index (χ4v) is 2.51. The fourth-order valence-electron chi connectivity index (χ4n) is 2.51. The van der Waals surface area contributed by atoms with Crippen molar-refractivity contribution in [1.82, 2.24) is 19.4 Å². The lowest BCUT2D eigenvalue weighted by Crippen LogP contribution is -2.25. The second kappa shape index (κ2) is 5.59. The zero-order valence-corrected chi connectivity index (χ0v) is 12.5. The van der Waals surface area contributed by atoms with Gasteiger partial charge in [-0.05, 0) is 19.1 Å². The molecule has 22 heavy (non-hydrogen) atoms. The second-order valence-corrected chi connectivity index (χ2v) is 5.41. The Labute approximate surface area is 128 Å². The molecule has 1 aliphatic heterocycles. The molecule has 0 bridgehead atoms. The van der Waals surface area contributed by atoms with Crippen LogP contribution in [0, 0.1) is 12.8 Å². The summed E-state index contributed by atoms with van der Waals surface area (Å²) in [5, 5.41) is 2.81. The Balaban J connectivity index is 1.68. The van der Waals surface area contributed by atoms with Crippen LogP contribution in [0.25, 0.3) is 5.82 Å². The first-order chi connectivity index (χ1) is 10.5. The lowest BCUT2D eigenvalue weighted by molar-refractivity contribution is -0.127. The van der Waals surface area contributed by atoms with E-state index in [1.807, 2.05) is 23.8 Å². The van der Waals surface area contributed by atoms with E-state index >= 15 is 0 Å². The molecule has 0 aromatic carbocycles. The largest absolute Gasteiger partial charge is 0.345 e. The Morgan fingerprint density at radius 1 is 1.36 bits per heavy atom. The Morgan fingerprint density at radius 2 is 2.18 bits per heavy atom. The van der Waals surface area contributed by atoms with Gasteiger partial charge in [-0.2, -0.15) is 0 Å². The summed E-state index contributed by atoms with van der Waals surface area (Å²) in [7, 11) is 1.71. The molecule has 1 atom stereocenters. The van der Waals surface area contributed by atoms with Gasteiger partial charge in [-0.15, -0.1) is 0 Å². The fraction of sp³-hybridized carbons (Fsp3) is 0.333. The molecule has 1 unspecified atom stereocenters. The summed E-state index contributed by atoms with van der Waals surface area (Å²) < 4.78 is 1.86. The molecule has 1 aliphatic rings. The number of anilines is 1. The van der Waals surface area contributed by atoms with Gasteiger partial charge in [0.2, 0.25) is 11.8 Å². The number of nitrogens with one attached hydrogen (secondary N) is 1. The van der Waals surface area contributed by atoms with E-state index in [0.29, 0.717) is 12.2 Å². The summed E-state index contributed by atoms with van der Waals surface area (Å²) in [6, 6.07) is 3.61. The topological polar surface area (TPSA) is 80.1 Å². The van der Waals surface area contributed by atoms with Gasteiger partial charge >= 0.3 is 0 Å². The Hall–Kier alpha value is -2.70. The minimum absolute atomic E-state index is 0.00389. The highest BCUT2D eigenvalue weighted by Crippen LogP contribution is 2.18. The number of pyridine rings is 1. The summed E-state index contributed by atoms with van der Waals surface area (Å²) in [5.41, 5.74) is 0.619. The van der Waals surface area contributed by atoms with Crippen LogP contribution in [-0.2, 0) is 9.59 Å².